The monoisotopic (exact) mass is 172 g/mol. The molecule has 0 aliphatic carbocycles. The molecule has 2 rings (SSSR count). The summed E-state index contributed by atoms with van der Waals surface area (Å²) in [6, 6.07) is 0.493. The summed E-state index contributed by atoms with van der Waals surface area (Å²) in [7, 11) is 2.12. The Bertz CT molecular complexity index is 147. The number of hydrogen-bond acceptors (Lipinski definition) is 2. The van der Waals surface area contributed by atoms with Crippen molar-refractivity contribution in [3.05, 3.63) is 0 Å². The molecule has 0 aromatic carbocycles. The van der Waals surface area contributed by atoms with Crippen molar-refractivity contribution in [2.75, 3.05) is 33.2 Å². The van der Waals surface area contributed by atoms with Crippen LogP contribution in [0.2, 0.25) is 0 Å². The summed E-state index contributed by atoms with van der Waals surface area (Å²) < 4.78 is 13.0. The highest BCUT2D eigenvalue weighted by molar-refractivity contribution is 4.87. The van der Waals surface area contributed by atoms with E-state index in [0.29, 0.717) is 6.04 Å². The van der Waals surface area contributed by atoms with Gasteiger partial charge < -0.3 is 4.90 Å². The maximum absolute atomic E-state index is 13.0. The second-order valence-corrected chi connectivity index (χ2v) is 4.07. The average Bonchev–Trinajstić information content (AvgIpc) is 2.03. The van der Waals surface area contributed by atoms with Crippen LogP contribution in [0.15, 0.2) is 0 Å². The van der Waals surface area contributed by atoms with Gasteiger partial charge in [-0.15, -0.1) is 0 Å². The fourth-order valence-corrected chi connectivity index (χ4v) is 2.29. The van der Waals surface area contributed by atoms with Gasteiger partial charge in [0.05, 0.1) is 0 Å². The first-order chi connectivity index (χ1) is 5.75. The fourth-order valence-electron chi connectivity index (χ4n) is 2.29. The number of piperazine rings is 1. The second kappa shape index (κ2) is 3.30. The molecule has 1 unspecified atom stereocenters. The number of alkyl halides is 1. The van der Waals surface area contributed by atoms with Crippen LogP contribution in [0.4, 0.5) is 4.39 Å². The molecule has 2 atom stereocenters. The molecule has 0 spiro atoms. The molecule has 2 aliphatic rings. The molecule has 3 heteroatoms. The average molecular weight is 172 g/mol. The third kappa shape index (κ3) is 1.62. The van der Waals surface area contributed by atoms with Gasteiger partial charge in [0.2, 0.25) is 0 Å². The Kier molecular flexibility index (Phi) is 2.33. The van der Waals surface area contributed by atoms with Gasteiger partial charge in [0.15, 0.2) is 0 Å². The van der Waals surface area contributed by atoms with E-state index in [1.54, 1.807) is 0 Å². The lowest BCUT2D eigenvalue weighted by molar-refractivity contribution is 0.0306. The van der Waals surface area contributed by atoms with E-state index in [1.165, 1.54) is 0 Å². The van der Waals surface area contributed by atoms with Gasteiger partial charge in [0, 0.05) is 32.2 Å². The van der Waals surface area contributed by atoms with E-state index in [0.717, 1.165) is 39.0 Å². The van der Waals surface area contributed by atoms with Gasteiger partial charge in [0.1, 0.15) is 6.17 Å². The molecule has 2 nitrogen and oxygen atoms in total. The molecule has 0 bridgehead atoms. The van der Waals surface area contributed by atoms with Gasteiger partial charge in [-0.05, 0) is 19.9 Å². The molecule has 0 radical (unpaired) electrons. The number of piperidine rings is 1. The Hall–Kier alpha value is -0.150. The Morgan fingerprint density at radius 3 is 2.92 bits per heavy atom. The van der Waals surface area contributed by atoms with Gasteiger partial charge in [-0.1, -0.05) is 0 Å². The van der Waals surface area contributed by atoms with Crippen LogP contribution in [0.25, 0.3) is 0 Å². The summed E-state index contributed by atoms with van der Waals surface area (Å²) in [4.78, 5) is 4.75. The van der Waals surface area contributed by atoms with E-state index >= 15 is 0 Å². The Morgan fingerprint density at radius 1 is 1.25 bits per heavy atom. The number of fused-ring (bicyclic) bond motifs is 1. The zero-order chi connectivity index (χ0) is 8.55. The topological polar surface area (TPSA) is 6.48 Å². The number of nitrogens with zero attached hydrogens (tertiary/aromatic N) is 2. The molecule has 2 fully saturated rings. The van der Waals surface area contributed by atoms with Crippen LogP contribution in [0.3, 0.4) is 0 Å². The number of hydrogen-bond donors (Lipinski definition) is 0. The second-order valence-electron chi connectivity index (χ2n) is 4.07. The van der Waals surface area contributed by atoms with Gasteiger partial charge in [-0.3, -0.25) is 4.90 Å². The molecule has 2 aliphatic heterocycles. The van der Waals surface area contributed by atoms with E-state index in [-0.39, 0.29) is 0 Å². The van der Waals surface area contributed by atoms with Crippen LogP contribution < -0.4 is 0 Å². The van der Waals surface area contributed by atoms with E-state index < -0.39 is 6.17 Å². The summed E-state index contributed by atoms with van der Waals surface area (Å²) in [6.45, 7) is 4.31. The molecule has 2 heterocycles. The predicted molar refractivity (Wildman–Crippen MR) is 47.0 cm³/mol. The minimum absolute atomic E-state index is 0.493. The normalized spacial score (nSPS) is 39.5. The maximum Gasteiger partial charge on any atom is 0.103 e. The van der Waals surface area contributed by atoms with Crippen LogP contribution in [0, 0.1) is 0 Å². The summed E-state index contributed by atoms with van der Waals surface area (Å²) >= 11 is 0. The lowest BCUT2D eigenvalue weighted by Gasteiger charge is -2.43. The highest BCUT2D eigenvalue weighted by Crippen LogP contribution is 2.22. The van der Waals surface area contributed by atoms with Crippen molar-refractivity contribution < 1.29 is 4.39 Å². The lowest BCUT2D eigenvalue weighted by Crippen LogP contribution is -2.55. The zero-order valence-corrected chi connectivity index (χ0v) is 7.67. The standard InChI is InChI=1S/C9H17FN2/c1-11-4-5-12-3-2-8(10)6-9(12)7-11/h8-9H,2-7H2,1H3/t8-,9?/m0/s1. The summed E-state index contributed by atoms with van der Waals surface area (Å²) in [6.07, 6.45) is 0.961. The molecule has 0 aromatic rings. The SMILES string of the molecule is CN1CCN2CC[C@H](F)CC2C1. The number of rotatable bonds is 0. The van der Waals surface area contributed by atoms with Crippen molar-refractivity contribution in [2.45, 2.75) is 25.1 Å². The summed E-state index contributed by atoms with van der Waals surface area (Å²) in [5.41, 5.74) is 0. The van der Waals surface area contributed by atoms with Crippen molar-refractivity contribution in [2.24, 2.45) is 0 Å². The van der Waals surface area contributed by atoms with Gasteiger partial charge >= 0.3 is 0 Å². The van der Waals surface area contributed by atoms with Crippen molar-refractivity contribution in [3.8, 4) is 0 Å². The number of halogens is 1. The van der Waals surface area contributed by atoms with E-state index in [2.05, 4.69) is 16.8 Å². The van der Waals surface area contributed by atoms with Crippen molar-refractivity contribution in [1.29, 1.82) is 0 Å². The minimum Gasteiger partial charge on any atom is -0.304 e. The lowest BCUT2D eigenvalue weighted by atomic mass is 9.98. The largest absolute Gasteiger partial charge is 0.304 e. The molecular formula is C9H17FN2. The highest BCUT2D eigenvalue weighted by atomic mass is 19.1. The third-order valence-electron chi connectivity index (χ3n) is 3.07. The molecule has 0 aromatic heterocycles. The molecule has 0 saturated carbocycles. The molecular weight excluding hydrogens is 155 g/mol. The van der Waals surface area contributed by atoms with Gasteiger partial charge in [0.25, 0.3) is 0 Å². The fraction of sp³-hybridized carbons (Fsp3) is 1.00. The molecule has 12 heavy (non-hydrogen) atoms. The molecule has 0 N–H and O–H groups in total. The van der Waals surface area contributed by atoms with Crippen molar-refractivity contribution in [3.63, 3.8) is 0 Å². The zero-order valence-electron chi connectivity index (χ0n) is 7.67. The third-order valence-corrected chi connectivity index (χ3v) is 3.07. The Morgan fingerprint density at radius 2 is 2.08 bits per heavy atom. The van der Waals surface area contributed by atoms with Crippen molar-refractivity contribution in [1.82, 2.24) is 9.80 Å². The molecule has 2 saturated heterocycles. The first kappa shape index (κ1) is 8.45. The number of likely N-dealkylation sites (N-methyl/N-ethyl adjacent to an activating group) is 1. The van der Waals surface area contributed by atoms with E-state index in [1.807, 2.05) is 0 Å². The van der Waals surface area contributed by atoms with Crippen LogP contribution >= 0.6 is 0 Å². The van der Waals surface area contributed by atoms with Crippen LogP contribution in [-0.4, -0.2) is 55.2 Å². The first-order valence-electron chi connectivity index (χ1n) is 4.82. The van der Waals surface area contributed by atoms with E-state index in [4.69, 9.17) is 0 Å². The van der Waals surface area contributed by atoms with Crippen molar-refractivity contribution >= 4 is 0 Å². The van der Waals surface area contributed by atoms with Crippen LogP contribution in [-0.2, 0) is 0 Å². The Labute approximate surface area is 73.3 Å². The minimum atomic E-state index is -0.544. The summed E-state index contributed by atoms with van der Waals surface area (Å²) in [5.74, 6) is 0. The Balaban J connectivity index is 1.94. The summed E-state index contributed by atoms with van der Waals surface area (Å²) in [5, 5.41) is 0. The smallest absolute Gasteiger partial charge is 0.103 e. The van der Waals surface area contributed by atoms with Crippen LogP contribution in [0.5, 0.6) is 0 Å². The first-order valence-corrected chi connectivity index (χ1v) is 4.82. The maximum atomic E-state index is 13.0. The van der Waals surface area contributed by atoms with Gasteiger partial charge in [-0.25, -0.2) is 4.39 Å². The molecule has 70 valence electrons. The van der Waals surface area contributed by atoms with E-state index in [9.17, 15) is 4.39 Å². The van der Waals surface area contributed by atoms with Gasteiger partial charge in [-0.2, -0.15) is 0 Å². The predicted octanol–water partition coefficient (Wildman–Crippen LogP) is 0.734. The van der Waals surface area contributed by atoms with Crippen LogP contribution in [0.1, 0.15) is 12.8 Å². The highest BCUT2D eigenvalue weighted by Gasteiger charge is 2.31. The molecule has 0 amide bonds. The quantitative estimate of drug-likeness (QED) is 0.531.